The van der Waals surface area contributed by atoms with E-state index in [1.54, 1.807) is 17.8 Å². The number of imidazole rings is 1. The molecule has 0 bridgehead atoms. The number of nitrogens with zero attached hydrogens (tertiary/aromatic N) is 2. The molecule has 0 saturated carbocycles. The number of halogens is 2. The van der Waals surface area contributed by atoms with Gasteiger partial charge >= 0.3 is 0 Å². The predicted molar refractivity (Wildman–Crippen MR) is 88.2 cm³/mol. The summed E-state index contributed by atoms with van der Waals surface area (Å²) in [4.78, 5) is 4.12. The van der Waals surface area contributed by atoms with Crippen molar-refractivity contribution in [1.29, 1.82) is 0 Å². The Balaban J connectivity index is 2.02. The fourth-order valence-electron chi connectivity index (χ4n) is 2.42. The van der Waals surface area contributed by atoms with Crippen LogP contribution in [-0.2, 0) is 17.1 Å². The molecule has 0 aliphatic heterocycles. The minimum atomic E-state index is -3.94. The van der Waals surface area contributed by atoms with Gasteiger partial charge in [-0.05, 0) is 42.0 Å². The summed E-state index contributed by atoms with van der Waals surface area (Å²) in [5, 5.41) is 0. The number of hydrogen-bond donors (Lipinski definition) is 1. The third-order valence-corrected chi connectivity index (χ3v) is 5.16. The fourth-order valence-corrected chi connectivity index (χ4v) is 3.60. The Labute approximate surface area is 144 Å². The van der Waals surface area contributed by atoms with Crippen LogP contribution in [0.5, 0.6) is 0 Å². The molecule has 1 heterocycles. The van der Waals surface area contributed by atoms with Crippen LogP contribution in [0.25, 0.3) is 0 Å². The van der Waals surface area contributed by atoms with Crippen molar-refractivity contribution in [3.05, 3.63) is 83.9 Å². The lowest BCUT2D eigenvalue weighted by atomic mass is 10.1. The molecular formula is C17H15F2N3O2S. The molecule has 0 fully saturated rings. The molecule has 1 unspecified atom stereocenters. The van der Waals surface area contributed by atoms with E-state index in [2.05, 4.69) is 9.71 Å². The van der Waals surface area contributed by atoms with Crippen molar-refractivity contribution in [3.8, 4) is 0 Å². The molecule has 0 aliphatic rings. The van der Waals surface area contributed by atoms with E-state index >= 15 is 0 Å². The largest absolute Gasteiger partial charge is 0.336 e. The Bertz CT molecular complexity index is 968. The van der Waals surface area contributed by atoms with Crippen molar-refractivity contribution in [3.63, 3.8) is 0 Å². The molecule has 8 heteroatoms. The van der Waals surface area contributed by atoms with Crippen LogP contribution < -0.4 is 4.72 Å². The number of rotatable bonds is 5. The van der Waals surface area contributed by atoms with Crippen LogP contribution in [-0.4, -0.2) is 18.0 Å². The maximum absolute atomic E-state index is 13.2. The number of sulfonamides is 1. The molecule has 0 spiro atoms. The Morgan fingerprint density at radius 1 is 1.00 bits per heavy atom. The van der Waals surface area contributed by atoms with Crippen LogP contribution in [0.2, 0.25) is 0 Å². The Morgan fingerprint density at radius 3 is 2.08 bits per heavy atom. The Morgan fingerprint density at radius 2 is 1.56 bits per heavy atom. The maximum atomic E-state index is 13.2. The highest BCUT2D eigenvalue weighted by Gasteiger charge is 2.25. The topological polar surface area (TPSA) is 64.0 Å². The molecule has 0 radical (unpaired) electrons. The number of aryl methyl sites for hydroxylation is 1. The lowest BCUT2D eigenvalue weighted by Gasteiger charge is -2.19. The maximum Gasteiger partial charge on any atom is 0.241 e. The van der Waals surface area contributed by atoms with Crippen LogP contribution in [0.15, 0.2) is 65.8 Å². The third kappa shape index (κ3) is 3.75. The second kappa shape index (κ2) is 6.73. The second-order valence-electron chi connectivity index (χ2n) is 5.46. The van der Waals surface area contributed by atoms with Crippen LogP contribution in [0.1, 0.15) is 17.4 Å². The standard InChI is InChI=1S/C17H15F2N3O2S/c1-22-11-10-20-17(22)16(12-2-4-13(18)5-3-12)21-25(23,24)15-8-6-14(19)7-9-15/h2-11,16,21H,1H3. The molecule has 1 N–H and O–H groups in total. The molecule has 3 rings (SSSR count). The minimum Gasteiger partial charge on any atom is -0.336 e. The Hall–Kier alpha value is -2.58. The molecule has 25 heavy (non-hydrogen) atoms. The molecule has 130 valence electrons. The van der Waals surface area contributed by atoms with Crippen molar-refractivity contribution < 1.29 is 17.2 Å². The molecule has 0 aliphatic carbocycles. The first kappa shape index (κ1) is 17.2. The van der Waals surface area contributed by atoms with Crippen LogP contribution in [0, 0.1) is 11.6 Å². The van der Waals surface area contributed by atoms with Gasteiger partial charge in [0.25, 0.3) is 0 Å². The van der Waals surface area contributed by atoms with Gasteiger partial charge in [0.1, 0.15) is 23.5 Å². The van der Waals surface area contributed by atoms with E-state index in [4.69, 9.17) is 0 Å². The van der Waals surface area contributed by atoms with Crippen molar-refractivity contribution in [2.45, 2.75) is 10.9 Å². The molecule has 1 aromatic heterocycles. The van der Waals surface area contributed by atoms with Gasteiger partial charge in [0.15, 0.2) is 0 Å². The molecular weight excluding hydrogens is 348 g/mol. The highest BCUT2D eigenvalue weighted by molar-refractivity contribution is 7.89. The molecule has 0 saturated heterocycles. The van der Waals surface area contributed by atoms with Gasteiger partial charge in [0.2, 0.25) is 10.0 Å². The molecule has 3 aromatic rings. The minimum absolute atomic E-state index is 0.0739. The van der Waals surface area contributed by atoms with E-state index in [1.165, 1.54) is 42.6 Å². The van der Waals surface area contributed by atoms with Crippen LogP contribution in [0.3, 0.4) is 0 Å². The Kier molecular flexibility index (Phi) is 4.65. The number of hydrogen-bond acceptors (Lipinski definition) is 3. The highest BCUT2D eigenvalue weighted by Crippen LogP contribution is 2.23. The van der Waals surface area contributed by atoms with Crippen molar-refractivity contribution in [2.75, 3.05) is 0 Å². The summed E-state index contributed by atoms with van der Waals surface area (Å²) < 4.78 is 55.8. The summed E-state index contributed by atoms with van der Waals surface area (Å²) in [6.45, 7) is 0. The molecule has 2 aromatic carbocycles. The van der Waals surface area contributed by atoms with Gasteiger partial charge in [-0.15, -0.1) is 0 Å². The zero-order valence-corrected chi connectivity index (χ0v) is 14.0. The predicted octanol–water partition coefficient (Wildman–Crippen LogP) is 2.77. The van der Waals surface area contributed by atoms with E-state index in [1.807, 2.05) is 0 Å². The lowest BCUT2D eigenvalue weighted by Crippen LogP contribution is -2.31. The first-order valence-corrected chi connectivity index (χ1v) is 8.86. The monoisotopic (exact) mass is 363 g/mol. The van der Waals surface area contributed by atoms with E-state index < -0.39 is 27.7 Å². The summed E-state index contributed by atoms with van der Waals surface area (Å²) in [6.07, 6.45) is 3.22. The summed E-state index contributed by atoms with van der Waals surface area (Å²) >= 11 is 0. The summed E-state index contributed by atoms with van der Waals surface area (Å²) in [5.41, 5.74) is 0.529. The normalized spacial score (nSPS) is 12.9. The van der Waals surface area contributed by atoms with Gasteiger partial charge in [-0.2, -0.15) is 4.72 Å². The van der Waals surface area contributed by atoms with Gasteiger partial charge < -0.3 is 4.57 Å². The van der Waals surface area contributed by atoms with Gasteiger partial charge in [-0.1, -0.05) is 12.1 Å². The first-order chi connectivity index (χ1) is 11.9. The number of benzene rings is 2. The van der Waals surface area contributed by atoms with Gasteiger partial charge in [-0.25, -0.2) is 22.2 Å². The number of nitrogens with one attached hydrogen (secondary N) is 1. The van der Waals surface area contributed by atoms with Crippen LogP contribution in [0.4, 0.5) is 8.78 Å². The van der Waals surface area contributed by atoms with Gasteiger partial charge in [0, 0.05) is 19.4 Å². The second-order valence-corrected chi connectivity index (χ2v) is 7.17. The average Bonchev–Trinajstić information content (AvgIpc) is 3.00. The first-order valence-electron chi connectivity index (χ1n) is 7.37. The molecule has 0 amide bonds. The fraction of sp³-hybridized carbons (Fsp3) is 0.118. The van der Waals surface area contributed by atoms with Crippen LogP contribution >= 0.6 is 0 Å². The van der Waals surface area contributed by atoms with Crippen molar-refractivity contribution >= 4 is 10.0 Å². The molecule has 1 atom stereocenters. The van der Waals surface area contributed by atoms with E-state index in [9.17, 15) is 17.2 Å². The smallest absolute Gasteiger partial charge is 0.241 e. The van der Waals surface area contributed by atoms with Gasteiger partial charge in [-0.3, -0.25) is 0 Å². The third-order valence-electron chi connectivity index (χ3n) is 3.72. The SMILES string of the molecule is Cn1ccnc1C(NS(=O)(=O)c1ccc(F)cc1)c1ccc(F)cc1. The van der Waals surface area contributed by atoms with E-state index in [0.29, 0.717) is 11.4 Å². The van der Waals surface area contributed by atoms with Crippen molar-refractivity contribution in [2.24, 2.45) is 7.05 Å². The quantitative estimate of drug-likeness (QED) is 0.758. The summed E-state index contributed by atoms with van der Waals surface area (Å²) in [5.74, 6) is -0.515. The van der Waals surface area contributed by atoms with E-state index in [-0.39, 0.29) is 4.90 Å². The summed E-state index contributed by atoms with van der Waals surface area (Å²) in [7, 11) is -2.21. The van der Waals surface area contributed by atoms with E-state index in [0.717, 1.165) is 12.1 Å². The zero-order valence-electron chi connectivity index (χ0n) is 13.2. The van der Waals surface area contributed by atoms with Crippen molar-refractivity contribution in [1.82, 2.24) is 14.3 Å². The average molecular weight is 363 g/mol. The zero-order chi connectivity index (χ0) is 18.0. The highest BCUT2D eigenvalue weighted by atomic mass is 32.2. The van der Waals surface area contributed by atoms with Gasteiger partial charge in [0.05, 0.1) is 4.90 Å². The molecule has 5 nitrogen and oxygen atoms in total. The number of aromatic nitrogens is 2. The lowest BCUT2D eigenvalue weighted by molar-refractivity contribution is 0.561. The summed E-state index contributed by atoms with van der Waals surface area (Å²) in [6, 6.07) is 9.15.